The van der Waals surface area contributed by atoms with E-state index >= 15 is 0 Å². The van der Waals surface area contributed by atoms with Gasteiger partial charge in [0.15, 0.2) is 11.5 Å². The van der Waals surface area contributed by atoms with Gasteiger partial charge in [-0.25, -0.2) is 4.39 Å². The number of rotatable bonds is 5. The molecule has 7 heteroatoms. The van der Waals surface area contributed by atoms with Gasteiger partial charge in [-0.2, -0.15) is 0 Å². The summed E-state index contributed by atoms with van der Waals surface area (Å²) in [4.78, 5) is 14.2. The van der Waals surface area contributed by atoms with Gasteiger partial charge in [0, 0.05) is 5.56 Å². The Morgan fingerprint density at radius 1 is 1.28 bits per heavy atom. The number of ether oxygens (including phenoxy) is 2. The normalized spacial score (nSPS) is 17.0. The van der Waals surface area contributed by atoms with E-state index in [0.717, 1.165) is 11.1 Å². The van der Waals surface area contributed by atoms with Crippen LogP contribution in [-0.4, -0.2) is 30.8 Å². The van der Waals surface area contributed by atoms with Crippen molar-refractivity contribution in [1.29, 1.82) is 0 Å². The summed E-state index contributed by atoms with van der Waals surface area (Å²) < 4.78 is 24.7. The van der Waals surface area contributed by atoms with Gasteiger partial charge in [-0.3, -0.25) is 4.79 Å². The van der Waals surface area contributed by atoms with E-state index in [2.05, 4.69) is 15.9 Å². The van der Waals surface area contributed by atoms with Crippen molar-refractivity contribution in [2.75, 3.05) is 20.0 Å². The summed E-state index contributed by atoms with van der Waals surface area (Å²) in [6.07, 6.45) is 0. The second kappa shape index (κ2) is 7.66. The average molecular weight is 426 g/mol. The predicted octanol–water partition coefficient (Wildman–Crippen LogP) is 4.38. The summed E-state index contributed by atoms with van der Waals surface area (Å²) in [6, 6.07) is 10.4. The summed E-state index contributed by atoms with van der Waals surface area (Å²) in [5.41, 5.74) is 1.75. The molecule has 1 atom stereocenters. The van der Waals surface area contributed by atoms with Crippen molar-refractivity contribution in [2.45, 2.75) is 11.9 Å². The number of nitrogens with zero attached hydrogens (tertiary/aromatic N) is 1. The number of para-hydroxylation sites is 1. The first kappa shape index (κ1) is 18.1. The van der Waals surface area contributed by atoms with E-state index < -0.39 is 0 Å². The van der Waals surface area contributed by atoms with Crippen molar-refractivity contribution in [1.82, 2.24) is 4.90 Å². The van der Waals surface area contributed by atoms with Gasteiger partial charge in [-0.15, -0.1) is 11.8 Å². The quantitative estimate of drug-likeness (QED) is 0.712. The molecule has 1 saturated heterocycles. The molecule has 0 saturated carbocycles. The molecule has 1 unspecified atom stereocenters. The molecule has 1 amide bonds. The fraction of sp³-hybridized carbons (Fsp3) is 0.278. The van der Waals surface area contributed by atoms with Crippen molar-refractivity contribution in [3.05, 3.63) is 57.8 Å². The predicted molar refractivity (Wildman–Crippen MR) is 99.4 cm³/mol. The molecule has 1 aliphatic heterocycles. The van der Waals surface area contributed by atoms with Crippen LogP contribution in [0.25, 0.3) is 0 Å². The Hall–Kier alpha value is -1.73. The minimum Gasteiger partial charge on any atom is -0.493 e. The van der Waals surface area contributed by atoms with Crippen molar-refractivity contribution in [2.24, 2.45) is 0 Å². The molecule has 0 aromatic heterocycles. The molecule has 0 spiro atoms. The van der Waals surface area contributed by atoms with Gasteiger partial charge in [0.25, 0.3) is 0 Å². The minimum atomic E-state index is -0.320. The number of amides is 1. The first-order valence-electron chi connectivity index (χ1n) is 7.61. The number of hydrogen-bond acceptors (Lipinski definition) is 4. The second-order valence-electron chi connectivity index (χ2n) is 5.51. The molecular weight excluding hydrogens is 409 g/mol. The Morgan fingerprint density at radius 3 is 2.76 bits per heavy atom. The maximum atomic E-state index is 13.5. The van der Waals surface area contributed by atoms with E-state index in [-0.39, 0.29) is 17.1 Å². The lowest BCUT2D eigenvalue weighted by Gasteiger charge is -2.25. The largest absolute Gasteiger partial charge is 0.493 e. The highest BCUT2D eigenvalue weighted by Crippen LogP contribution is 2.42. The smallest absolute Gasteiger partial charge is 0.234 e. The third-order valence-corrected chi connectivity index (χ3v) is 5.89. The number of hydrogen-bond donors (Lipinski definition) is 0. The number of carbonyl (C=O) groups excluding carboxylic acids is 1. The Morgan fingerprint density at radius 2 is 2.08 bits per heavy atom. The SMILES string of the molecule is COc1cccc(CN2C(=O)CSC2c2ccc(F)c(Br)c2)c1OC. The van der Waals surface area contributed by atoms with Crippen LogP contribution in [0.5, 0.6) is 11.5 Å². The van der Waals surface area contributed by atoms with Crippen LogP contribution in [0, 0.1) is 5.82 Å². The maximum Gasteiger partial charge on any atom is 0.234 e. The minimum absolute atomic E-state index is 0.0420. The molecule has 0 N–H and O–H groups in total. The van der Waals surface area contributed by atoms with Gasteiger partial charge < -0.3 is 14.4 Å². The van der Waals surface area contributed by atoms with Crippen LogP contribution in [0.15, 0.2) is 40.9 Å². The van der Waals surface area contributed by atoms with Crippen LogP contribution >= 0.6 is 27.7 Å². The van der Waals surface area contributed by atoms with Crippen LogP contribution in [-0.2, 0) is 11.3 Å². The Labute approximate surface area is 158 Å². The second-order valence-corrected chi connectivity index (χ2v) is 7.43. The summed E-state index contributed by atoms with van der Waals surface area (Å²) in [5.74, 6) is 1.36. The highest BCUT2D eigenvalue weighted by atomic mass is 79.9. The molecule has 1 heterocycles. The van der Waals surface area contributed by atoms with E-state index in [0.29, 0.717) is 28.3 Å². The molecule has 0 aliphatic carbocycles. The van der Waals surface area contributed by atoms with Crippen molar-refractivity contribution >= 4 is 33.6 Å². The zero-order valence-electron chi connectivity index (χ0n) is 13.8. The first-order valence-corrected chi connectivity index (χ1v) is 9.45. The summed E-state index contributed by atoms with van der Waals surface area (Å²) in [5, 5.41) is -0.166. The molecule has 1 fully saturated rings. The van der Waals surface area contributed by atoms with Gasteiger partial charge in [-0.1, -0.05) is 18.2 Å². The first-order chi connectivity index (χ1) is 12.0. The van der Waals surface area contributed by atoms with Crippen LogP contribution in [0.1, 0.15) is 16.5 Å². The van der Waals surface area contributed by atoms with Crippen molar-refractivity contribution in [3.8, 4) is 11.5 Å². The molecule has 3 rings (SSSR count). The number of methoxy groups -OCH3 is 2. The fourth-order valence-electron chi connectivity index (χ4n) is 2.83. The van der Waals surface area contributed by atoms with Crippen LogP contribution in [0.2, 0.25) is 0 Å². The lowest BCUT2D eigenvalue weighted by Crippen LogP contribution is -2.28. The zero-order valence-corrected chi connectivity index (χ0v) is 16.2. The molecule has 132 valence electrons. The van der Waals surface area contributed by atoms with E-state index in [9.17, 15) is 9.18 Å². The summed E-state index contributed by atoms with van der Waals surface area (Å²) >= 11 is 4.74. The van der Waals surface area contributed by atoms with Gasteiger partial charge in [0.05, 0.1) is 31.0 Å². The molecular formula is C18H17BrFNO3S. The maximum absolute atomic E-state index is 13.5. The highest BCUT2D eigenvalue weighted by molar-refractivity contribution is 9.10. The number of thioether (sulfide) groups is 1. The van der Waals surface area contributed by atoms with Crippen molar-refractivity contribution in [3.63, 3.8) is 0 Å². The van der Waals surface area contributed by atoms with E-state index in [4.69, 9.17) is 9.47 Å². The molecule has 25 heavy (non-hydrogen) atoms. The van der Waals surface area contributed by atoms with Gasteiger partial charge in [-0.05, 0) is 39.7 Å². The van der Waals surface area contributed by atoms with Crippen LogP contribution < -0.4 is 9.47 Å². The molecule has 0 radical (unpaired) electrons. The lowest BCUT2D eigenvalue weighted by molar-refractivity contribution is -0.128. The summed E-state index contributed by atoms with van der Waals surface area (Å²) in [7, 11) is 3.16. The molecule has 1 aliphatic rings. The van der Waals surface area contributed by atoms with Gasteiger partial charge in [0.2, 0.25) is 5.91 Å². The van der Waals surface area contributed by atoms with Crippen LogP contribution in [0.3, 0.4) is 0 Å². The average Bonchev–Trinajstić information content (AvgIpc) is 2.98. The van der Waals surface area contributed by atoms with E-state index in [1.54, 1.807) is 31.3 Å². The topological polar surface area (TPSA) is 38.8 Å². The zero-order chi connectivity index (χ0) is 18.0. The van der Waals surface area contributed by atoms with Crippen molar-refractivity contribution < 1.29 is 18.7 Å². The third-order valence-electron chi connectivity index (χ3n) is 4.02. The Balaban J connectivity index is 1.92. The number of benzene rings is 2. The number of halogens is 2. The standard InChI is InChI=1S/C18H17BrFNO3S/c1-23-15-5-3-4-12(17(15)24-2)9-21-16(22)10-25-18(21)11-6-7-14(20)13(19)8-11/h3-8,18H,9-10H2,1-2H3. The van der Waals surface area contributed by atoms with Gasteiger partial charge in [0.1, 0.15) is 11.2 Å². The molecule has 0 bridgehead atoms. The highest BCUT2D eigenvalue weighted by Gasteiger charge is 2.33. The third kappa shape index (κ3) is 3.62. The Kier molecular flexibility index (Phi) is 5.54. The fourth-order valence-corrected chi connectivity index (χ4v) is 4.40. The molecule has 4 nitrogen and oxygen atoms in total. The van der Waals surface area contributed by atoms with Crippen LogP contribution in [0.4, 0.5) is 4.39 Å². The van der Waals surface area contributed by atoms with E-state index in [1.165, 1.54) is 17.8 Å². The summed E-state index contributed by atoms with van der Waals surface area (Å²) in [6.45, 7) is 0.395. The number of carbonyl (C=O) groups is 1. The molecule has 2 aromatic rings. The van der Waals surface area contributed by atoms with Gasteiger partial charge >= 0.3 is 0 Å². The lowest BCUT2D eigenvalue weighted by atomic mass is 10.1. The van der Waals surface area contributed by atoms with E-state index in [1.807, 2.05) is 18.2 Å². The molecule has 2 aromatic carbocycles. The Bertz CT molecular complexity index is 802. The monoisotopic (exact) mass is 425 g/mol.